The van der Waals surface area contributed by atoms with Gasteiger partial charge in [0.1, 0.15) is 0 Å². The van der Waals surface area contributed by atoms with E-state index in [1.807, 2.05) is 20.2 Å². The zero-order valence-electron chi connectivity index (χ0n) is 15.2. The minimum Gasteiger partial charge on any atom is -0.377 e. The van der Waals surface area contributed by atoms with Crippen LogP contribution in [0.1, 0.15) is 5.56 Å². The highest BCUT2D eigenvalue weighted by Gasteiger charge is 2.19. The molecule has 6 heteroatoms. The van der Waals surface area contributed by atoms with Gasteiger partial charge in [0.25, 0.3) is 5.69 Å². The first-order valence-electron chi connectivity index (χ1n) is 8.73. The third-order valence-electron chi connectivity index (χ3n) is 4.77. The van der Waals surface area contributed by atoms with Gasteiger partial charge in [0.2, 0.25) is 0 Å². The van der Waals surface area contributed by atoms with Crippen LogP contribution < -0.4 is 15.3 Å². The Kier molecular flexibility index (Phi) is 4.16. The maximum atomic E-state index is 10.8. The summed E-state index contributed by atoms with van der Waals surface area (Å²) in [6.45, 7) is 0.720. The van der Waals surface area contributed by atoms with Gasteiger partial charge in [-0.15, -0.1) is 0 Å². The molecule has 1 aliphatic heterocycles. The van der Waals surface area contributed by atoms with Gasteiger partial charge >= 0.3 is 0 Å². The number of hydrogen-bond donors (Lipinski definition) is 1. The Balaban J connectivity index is 1.63. The van der Waals surface area contributed by atoms with E-state index >= 15 is 0 Å². The van der Waals surface area contributed by atoms with Gasteiger partial charge in [0.05, 0.1) is 22.9 Å². The van der Waals surface area contributed by atoms with E-state index in [-0.39, 0.29) is 10.6 Å². The summed E-state index contributed by atoms with van der Waals surface area (Å²) in [6, 6.07) is 19.2. The quantitative estimate of drug-likeness (QED) is 0.559. The van der Waals surface area contributed by atoms with Crippen molar-refractivity contribution in [2.75, 3.05) is 30.5 Å². The van der Waals surface area contributed by atoms with E-state index in [0.717, 1.165) is 23.5 Å². The minimum absolute atomic E-state index is 0.0967. The lowest BCUT2D eigenvalue weighted by atomic mass is 10.1. The van der Waals surface area contributed by atoms with Crippen LogP contribution in [-0.2, 0) is 0 Å². The van der Waals surface area contributed by atoms with E-state index in [2.05, 4.69) is 51.7 Å². The fraction of sp³-hybridized carbons (Fsp3) is 0.143. The highest BCUT2D eigenvalue weighted by Crippen LogP contribution is 2.34. The van der Waals surface area contributed by atoms with E-state index in [1.165, 1.54) is 28.6 Å². The molecule has 0 spiro atoms. The van der Waals surface area contributed by atoms with Gasteiger partial charge in [-0.05, 0) is 35.9 Å². The van der Waals surface area contributed by atoms with Gasteiger partial charge in [0, 0.05) is 42.7 Å². The van der Waals surface area contributed by atoms with Crippen LogP contribution in [0.3, 0.4) is 0 Å². The lowest BCUT2D eigenvalue weighted by molar-refractivity contribution is -0.384. The molecule has 0 bridgehead atoms. The molecule has 0 saturated carbocycles. The predicted octanol–water partition coefficient (Wildman–Crippen LogP) is 4.18. The van der Waals surface area contributed by atoms with Crippen molar-refractivity contribution in [1.82, 2.24) is 5.43 Å². The fourth-order valence-electron chi connectivity index (χ4n) is 3.42. The lowest BCUT2D eigenvalue weighted by Crippen LogP contribution is -2.31. The lowest BCUT2D eigenvalue weighted by Gasteiger charge is -2.24. The summed E-state index contributed by atoms with van der Waals surface area (Å²) in [5.41, 5.74) is 7.68. The Hall–Kier alpha value is -3.54. The number of nitrogens with zero attached hydrogens (tertiary/aromatic N) is 3. The third kappa shape index (κ3) is 3.06. The average Bonchev–Trinajstić information content (AvgIpc) is 3.17. The van der Waals surface area contributed by atoms with Crippen molar-refractivity contribution >= 4 is 33.5 Å². The van der Waals surface area contributed by atoms with E-state index < -0.39 is 0 Å². The van der Waals surface area contributed by atoms with Gasteiger partial charge in [-0.2, -0.15) is 0 Å². The maximum Gasteiger partial charge on any atom is 0.269 e. The molecule has 0 radical (unpaired) electrons. The van der Waals surface area contributed by atoms with Crippen LogP contribution in [-0.4, -0.2) is 25.6 Å². The maximum absolute atomic E-state index is 10.8. The molecule has 4 rings (SSSR count). The van der Waals surface area contributed by atoms with Gasteiger partial charge in [-0.3, -0.25) is 20.5 Å². The van der Waals surface area contributed by atoms with Gasteiger partial charge < -0.3 is 4.90 Å². The van der Waals surface area contributed by atoms with Gasteiger partial charge in [-0.25, -0.2) is 0 Å². The summed E-state index contributed by atoms with van der Waals surface area (Å²) in [6.07, 6.45) is 2.09. The number of benzene rings is 3. The fourth-order valence-corrected chi connectivity index (χ4v) is 3.42. The molecule has 0 unspecified atom stereocenters. The first kappa shape index (κ1) is 16.9. The summed E-state index contributed by atoms with van der Waals surface area (Å²) in [4.78, 5) is 12.6. The van der Waals surface area contributed by atoms with Crippen molar-refractivity contribution in [2.24, 2.45) is 0 Å². The standard InChI is InChI=1S/C21H20N4O2/c1-23(2)20-11-12-21(18-6-4-3-5-17(18)20)24-14-13-19(22-24)15-7-9-16(10-8-15)25(26)27/h3-13,22H,14H2,1-2H3. The highest BCUT2D eigenvalue weighted by atomic mass is 16.6. The Bertz CT molecular complexity index is 1040. The molecule has 1 N–H and O–H groups in total. The van der Waals surface area contributed by atoms with E-state index in [9.17, 15) is 10.1 Å². The van der Waals surface area contributed by atoms with E-state index in [4.69, 9.17) is 0 Å². The Morgan fingerprint density at radius 1 is 1.00 bits per heavy atom. The number of nitro groups is 1. The summed E-state index contributed by atoms with van der Waals surface area (Å²) < 4.78 is 0. The number of non-ortho nitro benzene ring substituents is 1. The molecule has 3 aromatic carbocycles. The summed E-state index contributed by atoms with van der Waals surface area (Å²) in [7, 11) is 4.09. The molecule has 0 fully saturated rings. The van der Waals surface area contributed by atoms with Crippen LogP contribution in [0.25, 0.3) is 16.5 Å². The van der Waals surface area contributed by atoms with Crippen LogP contribution in [0.5, 0.6) is 0 Å². The number of fused-ring (bicyclic) bond motifs is 1. The molecule has 0 aliphatic carbocycles. The zero-order chi connectivity index (χ0) is 19.0. The number of rotatable bonds is 4. The first-order valence-corrected chi connectivity index (χ1v) is 8.73. The molecular weight excluding hydrogens is 340 g/mol. The van der Waals surface area contributed by atoms with Crippen molar-refractivity contribution in [3.05, 3.63) is 82.4 Å². The van der Waals surface area contributed by atoms with Crippen LogP contribution in [0.4, 0.5) is 17.1 Å². The molecule has 1 aliphatic rings. The Morgan fingerprint density at radius 3 is 2.37 bits per heavy atom. The van der Waals surface area contributed by atoms with Crippen molar-refractivity contribution in [2.45, 2.75) is 0 Å². The predicted molar refractivity (Wildman–Crippen MR) is 110 cm³/mol. The van der Waals surface area contributed by atoms with E-state index in [0.29, 0.717) is 0 Å². The SMILES string of the molecule is CN(C)c1ccc(N2CC=C(c3ccc([N+](=O)[O-])cc3)N2)c2ccccc12. The Labute approximate surface area is 157 Å². The molecular formula is C21H20N4O2. The summed E-state index contributed by atoms with van der Waals surface area (Å²) in [5, 5.41) is 15.3. The van der Waals surface area contributed by atoms with Crippen molar-refractivity contribution < 1.29 is 4.92 Å². The van der Waals surface area contributed by atoms with Gasteiger partial charge in [0.15, 0.2) is 0 Å². The van der Waals surface area contributed by atoms with Crippen molar-refractivity contribution in [3.63, 3.8) is 0 Å². The normalized spacial score (nSPS) is 13.4. The summed E-state index contributed by atoms with van der Waals surface area (Å²) in [5.74, 6) is 0. The number of anilines is 2. The second-order valence-electron chi connectivity index (χ2n) is 6.69. The smallest absolute Gasteiger partial charge is 0.269 e. The monoisotopic (exact) mass is 360 g/mol. The van der Waals surface area contributed by atoms with Crippen LogP contribution in [0.15, 0.2) is 66.7 Å². The molecule has 3 aromatic rings. The van der Waals surface area contributed by atoms with Crippen LogP contribution in [0, 0.1) is 10.1 Å². The van der Waals surface area contributed by atoms with Crippen molar-refractivity contribution in [3.8, 4) is 0 Å². The van der Waals surface area contributed by atoms with Gasteiger partial charge in [-0.1, -0.05) is 24.3 Å². The number of nitrogens with one attached hydrogen (secondary N) is 1. The number of hydrazine groups is 1. The van der Waals surface area contributed by atoms with Crippen LogP contribution >= 0.6 is 0 Å². The Morgan fingerprint density at radius 2 is 1.70 bits per heavy atom. The second kappa shape index (κ2) is 6.64. The second-order valence-corrected chi connectivity index (χ2v) is 6.69. The van der Waals surface area contributed by atoms with Crippen LogP contribution in [0.2, 0.25) is 0 Å². The van der Waals surface area contributed by atoms with Crippen molar-refractivity contribution in [1.29, 1.82) is 0 Å². The molecule has 0 saturated heterocycles. The largest absolute Gasteiger partial charge is 0.377 e. The number of nitro benzene ring substituents is 1. The molecule has 0 amide bonds. The highest BCUT2D eigenvalue weighted by molar-refractivity contribution is 6.02. The first-order chi connectivity index (χ1) is 13.0. The molecule has 0 atom stereocenters. The topological polar surface area (TPSA) is 61.7 Å². The summed E-state index contributed by atoms with van der Waals surface area (Å²) >= 11 is 0. The third-order valence-corrected chi connectivity index (χ3v) is 4.77. The molecule has 0 aromatic heterocycles. The molecule has 6 nitrogen and oxygen atoms in total. The number of hydrogen-bond acceptors (Lipinski definition) is 5. The zero-order valence-corrected chi connectivity index (χ0v) is 15.2. The molecule has 1 heterocycles. The average molecular weight is 360 g/mol. The minimum atomic E-state index is -0.384. The van der Waals surface area contributed by atoms with E-state index in [1.54, 1.807) is 12.1 Å². The molecule has 136 valence electrons. The molecule has 27 heavy (non-hydrogen) atoms.